The van der Waals surface area contributed by atoms with E-state index >= 15 is 0 Å². The zero-order valence-corrected chi connectivity index (χ0v) is 11.8. The van der Waals surface area contributed by atoms with Crippen LogP contribution in [-0.2, 0) is 4.74 Å². The fraction of sp³-hybridized carbons (Fsp3) is 0.357. The molecule has 1 saturated heterocycles. The second kappa shape index (κ2) is 6.36. The van der Waals surface area contributed by atoms with Gasteiger partial charge in [0.25, 0.3) is 0 Å². The van der Waals surface area contributed by atoms with Crippen LogP contribution in [-0.4, -0.2) is 48.6 Å². The Balaban J connectivity index is 1.76. The maximum Gasteiger partial charge on any atom is 0.249 e. The van der Waals surface area contributed by atoms with E-state index in [1.807, 2.05) is 24.3 Å². The summed E-state index contributed by atoms with van der Waals surface area (Å²) in [5.41, 5.74) is 0.857. The van der Waals surface area contributed by atoms with Crippen LogP contribution in [0.15, 0.2) is 30.5 Å². The van der Waals surface area contributed by atoms with Gasteiger partial charge in [-0.15, -0.1) is 5.10 Å². The van der Waals surface area contributed by atoms with E-state index in [9.17, 15) is 0 Å². The zero-order chi connectivity index (χ0) is 14.5. The lowest BCUT2D eigenvalue weighted by Gasteiger charge is -2.27. The number of nitrogens with one attached hydrogen (secondary N) is 1. The fourth-order valence-corrected chi connectivity index (χ4v) is 2.12. The molecule has 110 valence electrons. The molecule has 1 aromatic carbocycles. The molecule has 0 aliphatic carbocycles. The molecule has 0 amide bonds. The molecule has 1 aromatic heterocycles. The average molecular weight is 287 g/mol. The first-order chi connectivity index (χ1) is 10.3. The predicted octanol–water partition coefficient (Wildman–Crippen LogP) is 1.46. The first-order valence-electron chi connectivity index (χ1n) is 6.78. The first kappa shape index (κ1) is 13.6. The number of morpholine rings is 1. The van der Waals surface area contributed by atoms with Gasteiger partial charge in [-0.25, -0.2) is 0 Å². The third-order valence-electron chi connectivity index (χ3n) is 3.21. The van der Waals surface area contributed by atoms with Gasteiger partial charge in [-0.3, -0.25) is 0 Å². The molecule has 7 nitrogen and oxygen atoms in total. The maximum absolute atomic E-state index is 5.34. The van der Waals surface area contributed by atoms with Gasteiger partial charge < -0.3 is 19.7 Å². The molecular formula is C14H17N5O2. The second-order valence-corrected chi connectivity index (χ2v) is 4.59. The van der Waals surface area contributed by atoms with E-state index in [0.29, 0.717) is 19.2 Å². The third kappa shape index (κ3) is 3.38. The minimum absolute atomic E-state index is 0.465. The Bertz CT molecular complexity index is 601. The van der Waals surface area contributed by atoms with Crippen LogP contribution in [0.2, 0.25) is 0 Å². The number of methoxy groups -OCH3 is 1. The average Bonchev–Trinajstić information content (AvgIpc) is 2.56. The number of anilines is 3. The molecule has 1 N–H and O–H groups in total. The lowest BCUT2D eigenvalue weighted by atomic mass is 10.3. The van der Waals surface area contributed by atoms with Crippen LogP contribution in [0.25, 0.3) is 0 Å². The van der Waals surface area contributed by atoms with Crippen molar-refractivity contribution in [3.63, 3.8) is 0 Å². The van der Waals surface area contributed by atoms with Crippen molar-refractivity contribution < 1.29 is 9.47 Å². The molecule has 2 heterocycles. The quantitative estimate of drug-likeness (QED) is 0.912. The molecule has 21 heavy (non-hydrogen) atoms. The third-order valence-corrected chi connectivity index (χ3v) is 3.21. The summed E-state index contributed by atoms with van der Waals surface area (Å²) in [6.07, 6.45) is 1.67. The van der Waals surface area contributed by atoms with Gasteiger partial charge in [0.2, 0.25) is 5.95 Å². The Morgan fingerprint density at radius 3 is 2.95 bits per heavy atom. The van der Waals surface area contributed by atoms with Crippen molar-refractivity contribution in [1.29, 1.82) is 0 Å². The Morgan fingerprint density at radius 2 is 2.14 bits per heavy atom. The Kier molecular flexibility index (Phi) is 4.11. The molecule has 0 spiro atoms. The monoisotopic (exact) mass is 287 g/mol. The van der Waals surface area contributed by atoms with Crippen molar-refractivity contribution in [2.75, 3.05) is 43.6 Å². The summed E-state index contributed by atoms with van der Waals surface area (Å²) < 4.78 is 10.5. The number of rotatable bonds is 4. The fourth-order valence-electron chi connectivity index (χ4n) is 2.12. The maximum atomic E-state index is 5.34. The van der Waals surface area contributed by atoms with Crippen LogP contribution in [0, 0.1) is 0 Å². The normalized spacial score (nSPS) is 14.8. The van der Waals surface area contributed by atoms with Crippen LogP contribution in [0.3, 0.4) is 0 Å². The molecular weight excluding hydrogens is 270 g/mol. The van der Waals surface area contributed by atoms with Crippen molar-refractivity contribution in [2.45, 2.75) is 0 Å². The molecule has 7 heteroatoms. The van der Waals surface area contributed by atoms with Gasteiger partial charge in [0.15, 0.2) is 5.82 Å². The minimum atomic E-state index is 0.465. The summed E-state index contributed by atoms with van der Waals surface area (Å²) in [5.74, 6) is 2.04. The lowest BCUT2D eigenvalue weighted by Crippen LogP contribution is -2.36. The summed E-state index contributed by atoms with van der Waals surface area (Å²) in [7, 11) is 1.64. The number of ether oxygens (including phenoxy) is 2. The molecule has 2 aromatic rings. The van der Waals surface area contributed by atoms with E-state index in [4.69, 9.17) is 9.47 Å². The topological polar surface area (TPSA) is 72.4 Å². The number of hydrogen-bond acceptors (Lipinski definition) is 7. The zero-order valence-electron chi connectivity index (χ0n) is 11.8. The highest BCUT2D eigenvalue weighted by atomic mass is 16.5. The van der Waals surface area contributed by atoms with Gasteiger partial charge in [0.05, 0.1) is 26.5 Å². The van der Waals surface area contributed by atoms with Gasteiger partial charge in [0, 0.05) is 24.8 Å². The predicted molar refractivity (Wildman–Crippen MR) is 79.1 cm³/mol. The summed E-state index contributed by atoms with van der Waals surface area (Å²) in [6.45, 7) is 3.06. The number of benzene rings is 1. The van der Waals surface area contributed by atoms with Crippen LogP contribution in [0.4, 0.5) is 17.5 Å². The van der Waals surface area contributed by atoms with E-state index in [2.05, 4.69) is 25.4 Å². The van der Waals surface area contributed by atoms with Crippen molar-refractivity contribution in [2.24, 2.45) is 0 Å². The van der Waals surface area contributed by atoms with Crippen molar-refractivity contribution >= 4 is 17.5 Å². The van der Waals surface area contributed by atoms with Crippen molar-refractivity contribution in [3.8, 4) is 5.75 Å². The van der Waals surface area contributed by atoms with Gasteiger partial charge >= 0.3 is 0 Å². The Morgan fingerprint density at radius 1 is 1.29 bits per heavy atom. The molecule has 1 fully saturated rings. The highest BCUT2D eigenvalue weighted by Gasteiger charge is 2.13. The summed E-state index contributed by atoms with van der Waals surface area (Å²) in [4.78, 5) is 6.63. The van der Waals surface area contributed by atoms with E-state index in [1.54, 1.807) is 13.3 Å². The van der Waals surface area contributed by atoms with Gasteiger partial charge in [-0.05, 0) is 12.1 Å². The van der Waals surface area contributed by atoms with Crippen LogP contribution in [0.5, 0.6) is 5.75 Å². The standard InChI is InChI=1S/C14H17N5O2/c1-20-12-4-2-3-11(9-12)16-14-17-13(10-15-18-14)19-5-7-21-8-6-19/h2-4,9-10H,5-8H2,1H3,(H,16,17,18). The van der Waals surface area contributed by atoms with Gasteiger partial charge in [-0.1, -0.05) is 6.07 Å². The highest BCUT2D eigenvalue weighted by Crippen LogP contribution is 2.20. The molecule has 0 radical (unpaired) electrons. The molecule has 0 bridgehead atoms. The lowest BCUT2D eigenvalue weighted by molar-refractivity contribution is 0.122. The van der Waals surface area contributed by atoms with Crippen LogP contribution < -0.4 is 15.0 Å². The van der Waals surface area contributed by atoms with E-state index in [1.165, 1.54) is 0 Å². The second-order valence-electron chi connectivity index (χ2n) is 4.59. The van der Waals surface area contributed by atoms with Crippen LogP contribution in [0.1, 0.15) is 0 Å². The molecule has 3 rings (SSSR count). The molecule has 1 aliphatic rings. The molecule has 0 saturated carbocycles. The van der Waals surface area contributed by atoms with E-state index < -0.39 is 0 Å². The summed E-state index contributed by atoms with van der Waals surface area (Å²) in [5, 5.41) is 11.2. The van der Waals surface area contributed by atoms with E-state index in [-0.39, 0.29) is 0 Å². The minimum Gasteiger partial charge on any atom is -0.497 e. The van der Waals surface area contributed by atoms with Crippen LogP contribution >= 0.6 is 0 Å². The largest absolute Gasteiger partial charge is 0.497 e. The smallest absolute Gasteiger partial charge is 0.249 e. The first-order valence-corrected chi connectivity index (χ1v) is 6.78. The molecule has 0 unspecified atom stereocenters. The van der Waals surface area contributed by atoms with E-state index in [0.717, 1.165) is 30.3 Å². The van der Waals surface area contributed by atoms with Gasteiger partial charge in [0.1, 0.15) is 5.75 Å². The van der Waals surface area contributed by atoms with Crippen molar-refractivity contribution in [3.05, 3.63) is 30.5 Å². The Hall–Kier alpha value is -2.41. The van der Waals surface area contributed by atoms with Crippen molar-refractivity contribution in [1.82, 2.24) is 15.2 Å². The Labute approximate surface area is 122 Å². The van der Waals surface area contributed by atoms with Gasteiger partial charge in [-0.2, -0.15) is 10.1 Å². The SMILES string of the molecule is COc1cccc(Nc2nncc(N3CCOCC3)n2)c1. The number of nitrogens with zero attached hydrogens (tertiary/aromatic N) is 4. The summed E-state index contributed by atoms with van der Waals surface area (Å²) in [6, 6.07) is 7.59. The molecule has 0 atom stereocenters. The number of hydrogen-bond donors (Lipinski definition) is 1. The number of aromatic nitrogens is 3. The highest BCUT2D eigenvalue weighted by molar-refractivity contribution is 5.56. The molecule has 1 aliphatic heterocycles. The summed E-state index contributed by atoms with van der Waals surface area (Å²) >= 11 is 0.